The van der Waals surface area contributed by atoms with Crippen LogP contribution < -0.4 is 10.1 Å². The minimum Gasteiger partial charge on any atom is -0.489 e. The van der Waals surface area contributed by atoms with E-state index in [1.807, 2.05) is 49.6 Å². The Balaban J connectivity index is 1.65. The highest BCUT2D eigenvalue weighted by Gasteiger charge is 2.11. The summed E-state index contributed by atoms with van der Waals surface area (Å²) in [6, 6.07) is 14.0. The standard InChI is InChI=1S/C22H23NO2S/c1-14-8-15(2)10-19(9-14)23-22(24)21-11-18(13-26-21)12-25-20-7-5-6-16(3)17(20)4/h5-11,13H,12H2,1-4H3,(H,23,24). The van der Waals surface area contributed by atoms with E-state index in [0.717, 1.165) is 33.7 Å². The van der Waals surface area contributed by atoms with Crippen LogP contribution in [0.2, 0.25) is 0 Å². The molecule has 0 fully saturated rings. The number of thiophene rings is 1. The molecule has 0 aliphatic carbocycles. The Morgan fingerprint density at radius 2 is 1.77 bits per heavy atom. The molecule has 0 atom stereocenters. The molecule has 0 unspecified atom stereocenters. The zero-order valence-corrected chi connectivity index (χ0v) is 16.4. The summed E-state index contributed by atoms with van der Waals surface area (Å²) in [4.78, 5) is 13.2. The van der Waals surface area contributed by atoms with E-state index < -0.39 is 0 Å². The van der Waals surface area contributed by atoms with Gasteiger partial charge in [-0.25, -0.2) is 0 Å². The van der Waals surface area contributed by atoms with Gasteiger partial charge < -0.3 is 10.1 Å². The topological polar surface area (TPSA) is 38.3 Å². The third-order valence-corrected chi connectivity index (χ3v) is 5.28. The third-order valence-electron chi connectivity index (χ3n) is 4.31. The highest BCUT2D eigenvalue weighted by molar-refractivity contribution is 7.12. The molecule has 1 amide bonds. The van der Waals surface area contributed by atoms with Gasteiger partial charge in [0.2, 0.25) is 0 Å². The first-order chi connectivity index (χ1) is 12.4. The lowest BCUT2D eigenvalue weighted by molar-refractivity contribution is 0.103. The Morgan fingerprint density at radius 1 is 1.04 bits per heavy atom. The Bertz CT molecular complexity index is 923. The normalized spacial score (nSPS) is 10.6. The summed E-state index contributed by atoms with van der Waals surface area (Å²) < 4.78 is 5.92. The van der Waals surface area contributed by atoms with Crippen LogP contribution in [0.3, 0.4) is 0 Å². The number of anilines is 1. The summed E-state index contributed by atoms with van der Waals surface area (Å²) in [7, 11) is 0. The smallest absolute Gasteiger partial charge is 0.265 e. The van der Waals surface area contributed by atoms with Crippen LogP contribution in [-0.4, -0.2) is 5.91 Å². The molecule has 0 aliphatic heterocycles. The van der Waals surface area contributed by atoms with Crippen molar-refractivity contribution in [2.45, 2.75) is 34.3 Å². The highest BCUT2D eigenvalue weighted by Crippen LogP contribution is 2.23. The molecule has 26 heavy (non-hydrogen) atoms. The fraction of sp³-hybridized carbons (Fsp3) is 0.227. The van der Waals surface area contributed by atoms with Crippen LogP contribution in [0, 0.1) is 27.7 Å². The minimum atomic E-state index is -0.0852. The monoisotopic (exact) mass is 365 g/mol. The molecule has 0 spiro atoms. The van der Waals surface area contributed by atoms with Crippen LogP contribution in [0.1, 0.15) is 37.5 Å². The molecule has 4 heteroatoms. The zero-order valence-electron chi connectivity index (χ0n) is 15.6. The summed E-state index contributed by atoms with van der Waals surface area (Å²) >= 11 is 1.44. The van der Waals surface area contributed by atoms with Crippen molar-refractivity contribution in [3.05, 3.63) is 80.5 Å². The fourth-order valence-electron chi connectivity index (χ4n) is 2.85. The van der Waals surface area contributed by atoms with Gasteiger partial charge in [-0.2, -0.15) is 0 Å². The number of hydrogen-bond donors (Lipinski definition) is 1. The Morgan fingerprint density at radius 3 is 2.50 bits per heavy atom. The lowest BCUT2D eigenvalue weighted by Crippen LogP contribution is -2.10. The first-order valence-corrected chi connectivity index (χ1v) is 9.46. The predicted molar refractivity (Wildman–Crippen MR) is 108 cm³/mol. The average Bonchev–Trinajstić information content (AvgIpc) is 3.04. The number of nitrogens with one attached hydrogen (secondary N) is 1. The molecule has 3 rings (SSSR count). The summed E-state index contributed by atoms with van der Waals surface area (Å²) in [5.41, 5.74) is 6.45. The van der Waals surface area contributed by atoms with Crippen molar-refractivity contribution < 1.29 is 9.53 Å². The van der Waals surface area contributed by atoms with E-state index >= 15 is 0 Å². The minimum absolute atomic E-state index is 0.0852. The van der Waals surface area contributed by atoms with Crippen LogP contribution >= 0.6 is 11.3 Å². The van der Waals surface area contributed by atoms with Crippen molar-refractivity contribution in [1.82, 2.24) is 0 Å². The van der Waals surface area contributed by atoms with Gasteiger partial charge in [0.05, 0.1) is 4.88 Å². The van der Waals surface area contributed by atoms with Crippen LogP contribution in [0.5, 0.6) is 5.75 Å². The van der Waals surface area contributed by atoms with E-state index in [-0.39, 0.29) is 5.91 Å². The Hall–Kier alpha value is -2.59. The summed E-state index contributed by atoms with van der Waals surface area (Å²) in [5.74, 6) is 0.801. The van der Waals surface area contributed by atoms with E-state index in [9.17, 15) is 4.79 Å². The number of amides is 1. The van der Waals surface area contributed by atoms with Crippen LogP contribution in [0.4, 0.5) is 5.69 Å². The molecule has 1 aromatic heterocycles. The molecule has 0 radical (unpaired) electrons. The van der Waals surface area contributed by atoms with Crippen molar-refractivity contribution >= 4 is 22.9 Å². The van der Waals surface area contributed by atoms with Crippen molar-refractivity contribution in [2.75, 3.05) is 5.32 Å². The number of benzene rings is 2. The lowest BCUT2D eigenvalue weighted by Gasteiger charge is -2.09. The molecule has 3 nitrogen and oxygen atoms in total. The largest absolute Gasteiger partial charge is 0.489 e. The fourth-order valence-corrected chi connectivity index (χ4v) is 3.64. The Labute approximate surface area is 158 Å². The number of carbonyl (C=O) groups is 1. The van der Waals surface area contributed by atoms with E-state index in [2.05, 4.69) is 31.3 Å². The van der Waals surface area contributed by atoms with Crippen molar-refractivity contribution in [3.8, 4) is 5.75 Å². The van der Waals surface area contributed by atoms with E-state index in [1.54, 1.807) is 0 Å². The Kier molecular flexibility index (Phi) is 5.43. The second-order valence-corrected chi connectivity index (χ2v) is 7.55. The first-order valence-electron chi connectivity index (χ1n) is 8.58. The van der Waals surface area contributed by atoms with Gasteiger partial charge in [-0.05, 0) is 79.6 Å². The molecule has 1 heterocycles. The molecular formula is C22H23NO2S. The zero-order chi connectivity index (χ0) is 18.7. The number of ether oxygens (including phenoxy) is 1. The van der Waals surface area contributed by atoms with Gasteiger partial charge in [0.1, 0.15) is 12.4 Å². The summed E-state index contributed by atoms with van der Waals surface area (Å²) in [5, 5.41) is 4.95. The van der Waals surface area contributed by atoms with E-state index in [4.69, 9.17) is 4.74 Å². The molecule has 134 valence electrons. The number of hydrogen-bond acceptors (Lipinski definition) is 3. The van der Waals surface area contributed by atoms with E-state index in [1.165, 1.54) is 16.9 Å². The molecule has 3 aromatic rings. The maximum atomic E-state index is 12.5. The molecule has 0 saturated heterocycles. The maximum absolute atomic E-state index is 12.5. The molecule has 0 bridgehead atoms. The van der Waals surface area contributed by atoms with Gasteiger partial charge in [0.15, 0.2) is 0 Å². The SMILES string of the molecule is Cc1cc(C)cc(NC(=O)c2cc(COc3cccc(C)c3C)cs2)c1. The second-order valence-electron chi connectivity index (χ2n) is 6.64. The van der Waals surface area contributed by atoms with Gasteiger partial charge in [-0.15, -0.1) is 11.3 Å². The lowest BCUT2D eigenvalue weighted by atomic mass is 10.1. The van der Waals surface area contributed by atoms with Gasteiger partial charge >= 0.3 is 0 Å². The molecule has 1 N–H and O–H groups in total. The summed E-state index contributed by atoms with van der Waals surface area (Å²) in [6.07, 6.45) is 0. The first kappa shape index (κ1) is 18.2. The molecular weight excluding hydrogens is 342 g/mol. The summed E-state index contributed by atoms with van der Waals surface area (Å²) in [6.45, 7) is 8.63. The average molecular weight is 365 g/mol. The molecule has 0 aliphatic rings. The second kappa shape index (κ2) is 7.75. The van der Waals surface area contributed by atoms with E-state index in [0.29, 0.717) is 11.5 Å². The van der Waals surface area contributed by atoms with Gasteiger partial charge in [0, 0.05) is 11.3 Å². The van der Waals surface area contributed by atoms with Crippen molar-refractivity contribution in [2.24, 2.45) is 0 Å². The van der Waals surface area contributed by atoms with Gasteiger partial charge in [0.25, 0.3) is 5.91 Å². The molecule has 2 aromatic carbocycles. The van der Waals surface area contributed by atoms with Crippen LogP contribution in [0.25, 0.3) is 0 Å². The quantitative estimate of drug-likeness (QED) is 0.619. The molecule has 0 saturated carbocycles. The number of carbonyl (C=O) groups excluding carboxylic acids is 1. The number of rotatable bonds is 5. The highest BCUT2D eigenvalue weighted by atomic mass is 32.1. The number of aryl methyl sites for hydroxylation is 3. The maximum Gasteiger partial charge on any atom is 0.265 e. The van der Waals surface area contributed by atoms with Gasteiger partial charge in [-0.3, -0.25) is 4.79 Å². The van der Waals surface area contributed by atoms with Crippen LogP contribution in [-0.2, 0) is 6.61 Å². The van der Waals surface area contributed by atoms with Crippen molar-refractivity contribution in [1.29, 1.82) is 0 Å². The third kappa shape index (κ3) is 4.33. The van der Waals surface area contributed by atoms with Gasteiger partial charge in [-0.1, -0.05) is 18.2 Å². The predicted octanol–water partition coefficient (Wildman–Crippen LogP) is 5.81. The van der Waals surface area contributed by atoms with Crippen molar-refractivity contribution in [3.63, 3.8) is 0 Å². The van der Waals surface area contributed by atoms with Crippen LogP contribution in [0.15, 0.2) is 47.8 Å².